The molecule has 2 unspecified atom stereocenters. The van der Waals surface area contributed by atoms with Crippen molar-refractivity contribution in [3.05, 3.63) is 90.3 Å². The van der Waals surface area contributed by atoms with E-state index in [-0.39, 0.29) is 18.9 Å². The molecule has 0 radical (unpaired) electrons. The van der Waals surface area contributed by atoms with Crippen molar-refractivity contribution in [1.82, 2.24) is 9.88 Å². The largest absolute Gasteiger partial charge is 0.502 e. The number of aromatic nitrogens is 1. The summed E-state index contributed by atoms with van der Waals surface area (Å²) < 4.78 is 10.3. The third-order valence-electron chi connectivity index (χ3n) is 8.54. The highest BCUT2D eigenvalue weighted by Gasteiger charge is 2.42. The second-order valence-corrected chi connectivity index (χ2v) is 10.9. The third-order valence-corrected chi connectivity index (χ3v) is 8.54. The molecular formula is C33H36N2O7. The van der Waals surface area contributed by atoms with Gasteiger partial charge >= 0.3 is 11.9 Å². The number of esters is 1. The molecule has 220 valence electrons. The SMILES string of the molecule is C=C[C@H]1CN2CC[C@H]1C[C@H]2[C@H](O)c1ccnc2ccc(OC)cc12.O=C(O)CCC1OC(=O)C(O)=C1c1ccccc1. The van der Waals surface area contributed by atoms with Crippen LogP contribution in [0.2, 0.25) is 0 Å². The average Bonchev–Trinajstić information content (AvgIpc) is 3.32. The minimum atomic E-state index is -0.968. The van der Waals surface area contributed by atoms with Gasteiger partial charge in [0.15, 0.2) is 0 Å². The molecule has 4 aliphatic heterocycles. The highest BCUT2D eigenvalue weighted by molar-refractivity contribution is 6.00. The first-order valence-corrected chi connectivity index (χ1v) is 14.2. The van der Waals surface area contributed by atoms with E-state index in [1.807, 2.05) is 30.3 Å². The second-order valence-electron chi connectivity index (χ2n) is 10.9. The molecule has 7 rings (SSSR count). The van der Waals surface area contributed by atoms with E-state index in [1.165, 1.54) is 6.42 Å². The molecule has 2 bridgehead atoms. The van der Waals surface area contributed by atoms with Gasteiger partial charge in [-0.05, 0) is 73.0 Å². The van der Waals surface area contributed by atoms with Gasteiger partial charge in [-0.3, -0.25) is 14.7 Å². The van der Waals surface area contributed by atoms with Crippen LogP contribution in [0.4, 0.5) is 0 Å². The number of benzene rings is 2. The van der Waals surface area contributed by atoms with Crippen LogP contribution in [0.5, 0.6) is 5.75 Å². The van der Waals surface area contributed by atoms with E-state index in [4.69, 9.17) is 14.6 Å². The van der Waals surface area contributed by atoms with Crippen LogP contribution in [-0.2, 0) is 14.3 Å². The van der Waals surface area contributed by atoms with E-state index in [0.717, 1.165) is 41.7 Å². The molecule has 5 heterocycles. The van der Waals surface area contributed by atoms with E-state index < -0.39 is 29.9 Å². The average molecular weight is 573 g/mol. The Bertz CT molecular complexity index is 1490. The molecule has 4 aliphatic rings. The Balaban J connectivity index is 0.000000176. The Morgan fingerprint density at radius 3 is 2.69 bits per heavy atom. The van der Waals surface area contributed by atoms with Crippen LogP contribution in [0, 0.1) is 11.8 Å². The standard InChI is InChI=1S/C20H24N2O2.C13H12O5/c1-3-13-12-22-9-7-14(13)10-19(22)20(23)16-6-8-21-18-5-4-15(24-2)11-17(16)18;14-10(15)7-6-9-11(12(16)13(17)18-9)8-4-2-1-3-5-8/h3-6,8,11,13-14,19-20,23H,1,7,9-10,12H2,2H3;1-5,9,16H,6-7H2,(H,14,15)/t13-,14-,19-,20+;/m0./s1. The van der Waals surface area contributed by atoms with Gasteiger partial charge in [0.05, 0.1) is 18.7 Å². The first kappa shape index (κ1) is 29.3. The molecule has 6 atom stereocenters. The minimum Gasteiger partial charge on any atom is -0.502 e. The Kier molecular flexibility index (Phi) is 8.89. The van der Waals surface area contributed by atoms with Crippen LogP contribution < -0.4 is 4.74 Å². The summed E-state index contributed by atoms with van der Waals surface area (Å²) in [7, 11) is 1.66. The number of ether oxygens (including phenoxy) is 2. The predicted molar refractivity (Wildman–Crippen MR) is 158 cm³/mol. The highest BCUT2D eigenvalue weighted by atomic mass is 16.6. The van der Waals surface area contributed by atoms with E-state index in [0.29, 0.717) is 23.0 Å². The molecule has 0 amide bonds. The molecule has 3 N–H and O–H groups in total. The van der Waals surface area contributed by atoms with Crippen molar-refractivity contribution in [3.8, 4) is 5.75 Å². The lowest BCUT2D eigenvalue weighted by atomic mass is 9.73. The van der Waals surface area contributed by atoms with Crippen molar-refractivity contribution in [3.63, 3.8) is 0 Å². The van der Waals surface area contributed by atoms with Crippen LogP contribution in [0.3, 0.4) is 0 Å². The van der Waals surface area contributed by atoms with Crippen LogP contribution in [0.15, 0.2) is 79.2 Å². The summed E-state index contributed by atoms with van der Waals surface area (Å²) in [5.41, 5.74) is 2.87. The first-order valence-electron chi connectivity index (χ1n) is 14.2. The molecule has 2 aromatic carbocycles. The number of carboxylic acids is 1. The zero-order valence-electron chi connectivity index (χ0n) is 23.6. The summed E-state index contributed by atoms with van der Waals surface area (Å²) in [4.78, 5) is 28.7. The monoisotopic (exact) mass is 572 g/mol. The molecule has 0 spiro atoms. The van der Waals surface area contributed by atoms with Gasteiger partial charge in [-0.2, -0.15) is 0 Å². The van der Waals surface area contributed by atoms with Crippen LogP contribution in [0.25, 0.3) is 16.5 Å². The first-order chi connectivity index (χ1) is 20.3. The van der Waals surface area contributed by atoms with Gasteiger partial charge in [-0.25, -0.2) is 4.79 Å². The van der Waals surface area contributed by atoms with Crippen molar-refractivity contribution in [1.29, 1.82) is 0 Å². The van der Waals surface area contributed by atoms with Crippen LogP contribution in [-0.4, -0.2) is 69.5 Å². The van der Waals surface area contributed by atoms with Crippen molar-refractivity contribution in [2.45, 2.75) is 43.9 Å². The molecular weight excluding hydrogens is 536 g/mol. The number of hydrogen-bond acceptors (Lipinski definition) is 8. The maximum atomic E-state index is 11.3. The number of piperidine rings is 3. The minimum absolute atomic E-state index is 0.123. The van der Waals surface area contributed by atoms with Gasteiger partial charge in [0.2, 0.25) is 5.76 Å². The lowest BCUT2D eigenvalue weighted by Crippen LogP contribution is -2.54. The number of cyclic esters (lactones) is 1. The van der Waals surface area contributed by atoms with Crippen LogP contribution in [0.1, 0.15) is 42.9 Å². The van der Waals surface area contributed by atoms with Gasteiger partial charge < -0.3 is 24.8 Å². The van der Waals surface area contributed by atoms with Gasteiger partial charge in [0.1, 0.15) is 11.9 Å². The lowest BCUT2D eigenvalue weighted by molar-refractivity contribution is -0.144. The van der Waals surface area contributed by atoms with E-state index in [9.17, 15) is 19.8 Å². The predicted octanol–water partition coefficient (Wildman–Crippen LogP) is 4.92. The zero-order valence-corrected chi connectivity index (χ0v) is 23.6. The Morgan fingerprint density at radius 1 is 1.24 bits per heavy atom. The topological polar surface area (TPSA) is 129 Å². The number of rotatable bonds is 8. The molecule has 3 fully saturated rings. The van der Waals surface area contributed by atoms with E-state index in [1.54, 1.807) is 37.6 Å². The summed E-state index contributed by atoms with van der Waals surface area (Å²) in [5.74, 6) is -0.196. The molecule has 0 saturated carbocycles. The summed E-state index contributed by atoms with van der Waals surface area (Å²) in [6, 6.07) is 16.8. The molecule has 3 aromatic rings. The number of carbonyl (C=O) groups is 2. The number of aliphatic carboxylic acids is 1. The Hall–Kier alpha value is -4.21. The smallest absolute Gasteiger partial charge is 0.374 e. The number of hydrogen-bond donors (Lipinski definition) is 3. The number of nitrogens with zero attached hydrogens (tertiary/aromatic N) is 2. The number of carbonyl (C=O) groups excluding carboxylic acids is 1. The Morgan fingerprint density at radius 2 is 2.02 bits per heavy atom. The van der Waals surface area contributed by atoms with Gasteiger partial charge in [0, 0.05) is 36.2 Å². The highest BCUT2D eigenvalue weighted by Crippen LogP contribution is 2.42. The van der Waals surface area contributed by atoms with Gasteiger partial charge in [-0.15, -0.1) is 6.58 Å². The maximum Gasteiger partial charge on any atom is 0.374 e. The quantitative estimate of drug-likeness (QED) is 0.254. The van der Waals surface area contributed by atoms with Gasteiger partial charge in [0.25, 0.3) is 0 Å². The van der Waals surface area contributed by atoms with Gasteiger partial charge in [-0.1, -0.05) is 36.4 Å². The fourth-order valence-electron chi connectivity index (χ4n) is 6.35. The number of fused-ring (bicyclic) bond motifs is 4. The summed E-state index contributed by atoms with van der Waals surface area (Å²) in [6.07, 6.45) is 4.95. The summed E-state index contributed by atoms with van der Waals surface area (Å²) in [5, 5.41) is 30.5. The molecule has 1 aromatic heterocycles. The lowest BCUT2D eigenvalue weighted by Gasteiger charge is -2.50. The summed E-state index contributed by atoms with van der Waals surface area (Å²) >= 11 is 0. The third kappa shape index (κ3) is 6.03. The molecule has 3 saturated heterocycles. The molecule has 0 aliphatic carbocycles. The van der Waals surface area contributed by atoms with Crippen molar-refractivity contribution in [2.24, 2.45) is 11.8 Å². The number of aliphatic hydroxyl groups excluding tert-OH is 2. The number of carboxylic acid groups (broad SMARTS) is 1. The summed E-state index contributed by atoms with van der Waals surface area (Å²) in [6.45, 7) is 6.07. The number of aliphatic hydroxyl groups is 2. The van der Waals surface area contributed by atoms with Crippen molar-refractivity contribution in [2.75, 3.05) is 20.2 Å². The van der Waals surface area contributed by atoms with Crippen LogP contribution >= 0.6 is 0 Å². The number of pyridine rings is 1. The normalized spacial score (nSPS) is 25.4. The molecule has 42 heavy (non-hydrogen) atoms. The fraction of sp³-hybridized carbons (Fsp3) is 0.364. The molecule has 9 heteroatoms. The van der Waals surface area contributed by atoms with E-state index in [2.05, 4.69) is 22.5 Å². The fourth-order valence-corrected chi connectivity index (χ4v) is 6.35. The van der Waals surface area contributed by atoms with Crippen molar-refractivity contribution >= 4 is 28.4 Å². The maximum absolute atomic E-state index is 11.3. The van der Waals surface area contributed by atoms with E-state index >= 15 is 0 Å². The van der Waals surface area contributed by atoms with Crippen molar-refractivity contribution < 1.29 is 34.4 Å². The number of methoxy groups -OCH3 is 1. The zero-order chi connectivity index (χ0) is 29.8. The second kappa shape index (κ2) is 12.8. The Labute approximate surface area is 244 Å². The molecule has 9 nitrogen and oxygen atoms in total.